The summed E-state index contributed by atoms with van der Waals surface area (Å²) in [5, 5.41) is 0. The normalized spacial score (nSPS) is 24.6. The number of hydrogen-bond acceptors (Lipinski definition) is 4. The van der Waals surface area contributed by atoms with Gasteiger partial charge in [0.05, 0.1) is 25.5 Å². The van der Waals surface area contributed by atoms with E-state index < -0.39 is 0 Å². The van der Waals surface area contributed by atoms with Gasteiger partial charge in [0.25, 0.3) is 0 Å². The van der Waals surface area contributed by atoms with Crippen LogP contribution < -0.4 is 10.5 Å². The Morgan fingerprint density at radius 1 is 1.41 bits per heavy atom. The lowest BCUT2D eigenvalue weighted by molar-refractivity contribution is 0.0105. The second-order valence-corrected chi connectivity index (χ2v) is 4.53. The Morgan fingerprint density at radius 3 is 3.06 bits per heavy atom. The lowest BCUT2D eigenvalue weighted by atomic mass is 9.94. The minimum atomic E-state index is 0.284. The van der Waals surface area contributed by atoms with Crippen molar-refractivity contribution in [2.75, 3.05) is 7.11 Å². The predicted octanol–water partition coefficient (Wildman–Crippen LogP) is 1.88. The lowest BCUT2D eigenvalue weighted by Crippen LogP contribution is -2.32. The molecule has 94 valence electrons. The molecule has 1 fully saturated rings. The van der Waals surface area contributed by atoms with Crippen LogP contribution in [0.25, 0.3) is 0 Å². The molecule has 0 aliphatic heterocycles. The summed E-state index contributed by atoms with van der Waals surface area (Å²) >= 11 is 0. The summed E-state index contributed by atoms with van der Waals surface area (Å²) in [6, 6.07) is 6.01. The van der Waals surface area contributed by atoms with Crippen molar-refractivity contribution >= 4 is 0 Å². The molecule has 0 radical (unpaired) electrons. The Kier molecular flexibility index (Phi) is 4.34. The maximum absolute atomic E-state index is 5.92. The molecule has 1 saturated carbocycles. The van der Waals surface area contributed by atoms with E-state index in [1.165, 1.54) is 0 Å². The van der Waals surface area contributed by atoms with E-state index >= 15 is 0 Å². The van der Waals surface area contributed by atoms with E-state index in [9.17, 15) is 0 Å². The molecule has 0 spiro atoms. The summed E-state index contributed by atoms with van der Waals surface area (Å²) < 4.78 is 10.9. The van der Waals surface area contributed by atoms with Gasteiger partial charge in [-0.3, -0.25) is 0 Å². The minimum Gasteiger partial charge on any atom is -0.481 e. The molecule has 0 amide bonds. The van der Waals surface area contributed by atoms with Crippen molar-refractivity contribution in [2.24, 2.45) is 5.73 Å². The molecule has 1 aliphatic rings. The lowest BCUT2D eigenvalue weighted by Gasteiger charge is -2.26. The molecule has 1 aromatic rings. The molecule has 1 aromatic heterocycles. The predicted molar refractivity (Wildman–Crippen MR) is 65.8 cm³/mol. The summed E-state index contributed by atoms with van der Waals surface area (Å²) in [6.07, 6.45) is 4.64. The van der Waals surface area contributed by atoms with Crippen molar-refractivity contribution in [1.29, 1.82) is 0 Å². The van der Waals surface area contributed by atoms with Crippen LogP contribution in [0.3, 0.4) is 0 Å². The van der Waals surface area contributed by atoms with Gasteiger partial charge in [0.15, 0.2) is 0 Å². The van der Waals surface area contributed by atoms with Crippen molar-refractivity contribution in [3.63, 3.8) is 0 Å². The molecule has 4 nitrogen and oxygen atoms in total. The number of methoxy groups -OCH3 is 1. The largest absolute Gasteiger partial charge is 0.481 e. The average Bonchev–Trinajstić information content (AvgIpc) is 2.37. The fourth-order valence-electron chi connectivity index (χ4n) is 2.19. The van der Waals surface area contributed by atoms with E-state index in [0.717, 1.165) is 31.4 Å². The molecule has 17 heavy (non-hydrogen) atoms. The highest BCUT2D eigenvalue weighted by atomic mass is 16.5. The maximum atomic E-state index is 5.92. The molecule has 2 atom stereocenters. The number of aromatic nitrogens is 1. The highest BCUT2D eigenvalue weighted by Crippen LogP contribution is 2.20. The number of hydrogen-bond donors (Lipinski definition) is 1. The van der Waals surface area contributed by atoms with Gasteiger partial charge in [0.1, 0.15) is 0 Å². The van der Waals surface area contributed by atoms with Gasteiger partial charge in [-0.2, -0.15) is 0 Å². The molecule has 0 saturated heterocycles. The van der Waals surface area contributed by atoms with E-state index in [-0.39, 0.29) is 6.10 Å². The molecule has 1 heterocycles. The zero-order valence-corrected chi connectivity index (χ0v) is 10.3. The van der Waals surface area contributed by atoms with Crippen molar-refractivity contribution in [1.82, 2.24) is 4.98 Å². The Balaban J connectivity index is 1.84. The monoisotopic (exact) mass is 236 g/mol. The molecule has 4 heteroatoms. The molecular weight excluding hydrogens is 216 g/mol. The molecule has 0 bridgehead atoms. The first-order chi connectivity index (χ1) is 8.28. The van der Waals surface area contributed by atoms with E-state index in [0.29, 0.717) is 18.5 Å². The van der Waals surface area contributed by atoms with Crippen LogP contribution in [-0.4, -0.2) is 24.2 Å². The van der Waals surface area contributed by atoms with Gasteiger partial charge in [-0.15, -0.1) is 0 Å². The topological polar surface area (TPSA) is 57.4 Å². The summed E-state index contributed by atoms with van der Waals surface area (Å²) in [5.74, 6) is 0.631. The van der Waals surface area contributed by atoms with Gasteiger partial charge in [0.2, 0.25) is 5.88 Å². The third-order valence-corrected chi connectivity index (χ3v) is 3.12. The summed E-state index contributed by atoms with van der Waals surface area (Å²) in [5.41, 5.74) is 6.83. The Labute approximate surface area is 102 Å². The van der Waals surface area contributed by atoms with E-state index in [1.54, 1.807) is 7.11 Å². The van der Waals surface area contributed by atoms with Gasteiger partial charge in [-0.05, 0) is 31.7 Å². The van der Waals surface area contributed by atoms with E-state index in [4.69, 9.17) is 15.2 Å². The fourth-order valence-corrected chi connectivity index (χ4v) is 2.19. The molecule has 2 rings (SSSR count). The van der Waals surface area contributed by atoms with Gasteiger partial charge in [-0.1, -0.05) is 6.07 Å². The fraction of sp³-hybridized carbons (Fsp3) is 0.615. The van der Waals surface area contributed by atoms with Crippen LogP contribution in [0.2, 0.25) is 0 Å². The molecule has 2 N–H and O–H groups in total. The van der Waals surface area contributed by atoms with Crippen molar-refractivity contribution in [3.05, 3.63) is 23.9 Å². The average molecular weight is 236 g/mol. The zero-order valence-electron chi connectivity index (χ0n) is 10.3. The van der Waals surface area contributed by atoms with Gasteiger partial charge >= 0.3 is 0 Å². The van der Waals surface area contributed by atoms with Crippen molar-refractivity contribution in [2.45, 2.75) is 44.4 Å². The van der Waals surface area contributed by atoms with Gasteiger partial charge in [0, 0.05) is 12.1 Å². The number of nitrogens with zero attached hydrogens (tertiary/aromatic N) is 1. The van der Waals surface area contributed by atoms with Crippen LogP contribution in [0.5, 0.6) is 5.88 Å². The quantitative estimate of drug-likeness (QED) is 0.867. The van der Waals surface area contributed by atoms with Crippen LogP contribution >= 0.6 is 0 Å². The Hall–Kier alpha value is -1.13. The van der Waals surface area contributed by atoms with Crippen LogP contribution in [0.15, 0.2) is 18.2 Å². The second kappa shape index (κ2) is 5.98. The van der Waals surface area contributed by atoms with Gasteiger partial charge < -0.3 is 15.2 Å². The Bertz CT molecular complexity index is 357. The minimum absolute atomic E-state index is 0.284. The summed E-state index contributed by atoms with van der Waals surface area (Å²) in [7, 11) is 1.62. The third kappa shape index (κ3) is 3.68. The van der Waals surface area contributed by atoms with Crippen LogP contribution in [0, 0.1) is 0 Å². The van der Waals surface area contributed by atoms with Crippen LogP contribution in [-0.2, 0) is 11.3 Å². The highest BCUT2D eigenvalue weighted by Gasteiger charge is 2.19. The number of pyridine rings is 1. The molecule has 2 unspecified atom stereocenters. The Morgan fingerprint density at radius 2 is 2.29 bits per heavy atom. The molecule has 0 aromatic carbocycles. The van der Waals surface area contributed by atoms with E-state index in [2.05, 4.69) is 4.98 Å². The number of nitrogens with two attached hydrogens (primary N) is 1. The smallest absolute Gasteiger partial charge is 0.213 e. The van der Waals surface area contributed by atoms with Crippen LogP contribution in [0.1, 0.15) is 31.4 Å². The maximum Gasteiger partial charge on any atom is 0.213 e. The van der Waals surface area contributed by atoms with Crippen LogP contribution in [0.4, 0.5) is 0 Å². The summed E-state index contributed by atoms with van der Waals surface area (Å²) in [6.45, 7) is 0.536. The SMILES string of the molecule is COc1cccc(COC2CCCC(N)C2)n1. The third-order valence-electron chi connectivity index (χ3n) is 3.12. The first-order valence-corrected chi connectivity index (χ1v) is 6.15. The molecule has 1 aliphatic carbocycles. The standard InChI is InChI=1S/C13H20N2O2/c1-16-13-7-3-5-11(15-13)9-17-12-6-2-4-10(14)8-12/h3,5,7,10,12H,2,4,6,8-9,14H2,1H3. The number of rotatable bonds is 4. The number of ether oxygens (including phenoxy) is 2. The van der Waals surface area contributed by atoms with Crippen molar-refractivity contribution in [3.8, 4) is 5.88 Å². The highest BCUT2D eigenvalue weighted by molar-refractivity contribution is 5.15. The zero-order chi connectivity index (χ0) is 12.1. The molecular formula is C13H20N2O2. The first kappa shape index (κ1) is 12.3. The van der Waals surface area contributed by atoms with Crippen molar-refractivity contribution < 1.29 is 9.47 Å². The first-order valence-electron chi connectivity index (χ1n) is 6.15. The van der Waals surface area contributed by atoms with E-state index in [1.807, 2.05) is 18.2 Å². The summed E-state index contributed by atoms with van der Waals surface area (Å²) in [4.78, 5) is 4.32. The second-order valence-electron chi connectivity index (χ2n) is 4.53. The van der Waals surface area contributed by atoms with Gasteiger partial charge in [-0.25, -0.2) is 4.98 Å².